The van der Waals surface area contributed by atoms with E-state index in [2.05, 4.69) is 136 Å². The van der Waals surface area contributed by atoms with Crippen molar-refractivity contribution in [1.29, 1.82) is 0 Å². The van der Waals surface area contributed by atoms with Crippen molar-refractivity contribution < 1.29 is 0 Å². The van der Waals surface area contributed by atoms with E-state index < -0.39 is 0 Å². The summed E-state index contributed by atoms with van der Waals surface area (Å²) in [7, 11) is 0. The van der Waals surface area contributed by atoms with E-state index in [0.29, 0.717) is 0 Å². The topological polar surface area (TPSA) is 0 Å². The maximum atomic E-state index is 3.73. The van der Waals surface area contributed by atoms with Crippen LogP contribution in [0.4, 0.5) is 0 Å². The molecule has 0 unspecified atom stereocenters. The fourth-order valence-electron chi connectivity index (χ4n) is 5.37. The van der Waals surface area contributed by atoms with Crippen LogP contribution < -0.4 is 0 Å². The molecular formula is C32H31Br. The Morgan fingerprint density at radius 3 is 1.64 bits per heavy atom. The third kappa shape index (κ3) is 3.87. The van der Waals surface area contributed by atoms with Crippen molar-refractivity contribution >= 4 is 48.2 Å². The average Bonchev–Trinajstić information content (AvgIpc) is 2.75. The number of hydrogen-bond donors (Lipinski definition) is 0. The maximum Gasteiger partial charge on any atom is 0.0181 e. The van der Waals surface area contributed by atoms with Crippen LogP contribution in [0.5, 0.6) is 0 Å². The SMILES string of the molecule is CC(C)(C)c1c2ccc(-c3ccc4ccccc4c3)cc2c(C(C)(C)C)c2ccc(Br)cc12. The van der Waals surface area contributed by atoms with Gasteiger partial charge in [0.2, 0.25) is 0 Å². The monoisotopic (exact) mass is 494 g/mol. The lowest BCUT2D eigenvalue weighted by atomic mass is 9.73. The van der Waals surface area contributed by atoms with Gasteiger partial charge in [-0.25, -0.2) is 0 Å². The highest BCUT2D eigenvalue weighted by atomic mass is 79.9. The molecular weight excluding hydrogens is 464 g/mol. The third-order valence-corrected chi connectivity index (χ3v) is 7.15. The lowest BCUT2D eigenvalue weighted by molar-refractivity contribution is 0.593. The summed E-state index contributed by atoms with van der Waals surface area (Å²) in [4.78, 5) is 0. The molecule has 0 amide bonds. The summed E-state index contributed by atoms with van der Waals surface area (Å²) in [6.07, 6.45) is 0. The lowest BCUT2D eigenvalue weighted by Gasteiger charge is -2.30. The molecule has 0 aliphatic heterocycles. The van der Waals surface area contributed by atoms with Gasteiger partial charge in [0.05, 0.1) is 0 Å². The van der Waals surface area contributed by atoms with E-state index in [1.165, 1.54) is 54.6 Å². The second-order valence-corrected chi connectivity index (χ2v) is 12.2. The van der Waals surface area contributed by atoms with Crippen LogP contribution in [-0.4, -0.2) is 0 Å². The Labute approximate surface area is 205 Å². The molecule has 5 aromatic rings. The normalized spacial score (nSPS) is 12.7. The van der Waals surface area contributed by atoms with Crippen LogP contribution in [0.25, 0.3) is 43.4 Å². The van der Waals surface area contributed by atoms with Gasteiger partial charge < -0.3 is 0 Å². The smallest absolute Gasteiger partial charge is 0.0181 e. The molecule has 0 saturated carbocycles. The minimum atomic E-state index is 0.0166. The quantitative estimate of drug-likeness (QED) is 0.203. The molecule has 0 saturated heterocycles. The van der Waals surface area contributed by atoms with Crippen molar-refractivity contribution in [2.24, 2.45) is 0 Å². The van der Waals surface area contributed by atoms with Gasteiger partial charge in [0.1, 0.15) is 0 Å². The van der Waals surface area contributed by atoms with Gasteiger partial charge in [0, 0.05) is 4.47 Å². The van der Waals surface area contributed by atoms with Gasteiger partial charge in [-0.05, 0) is 89.7 Å². The Morgan fingerprint density at radius 2 is 1.00 bits per heavy atom. The van der Waals surface area contributed by atoms with E-state index in [1.807, 2.05) is 0 Å². The minimum Gasteiger partial charge on any atom is -0.0616 e. The van der Waals surface area contributed by atoms with Crippen LogP contribution in [0.3, 0.4) is 0 Å². The van der Waals surface area contributed by atoms with Gasteiger partial charge in [-0.2, -0.15) is 0 Å². The van der Waals surface area contributed by atoms with Crippen LogP contribution >= 0.6 is 15.9 Å². The number of rotatable bonds is 1. The van der Waals surface area contributed by atoms with Crippen LogP contribution in [0.2, 0.25) is 0 Å². The van der Waals surface area contributed by atoms with E-state index >= 15 is 0 Å². The van der Waals surface area contributed by atoms with E-state index in [9.17, 15) is 0 Å². The van der Waals surface area contributed by atoms with Gasteiger partial charge >= 0.3 is 0 Å². The molecule has 0 N–H and O–H groups in total. The second kappa shape index (κ2) is 7.71. The van der Waals surface area contributed by atoms with Crippen LogP contribution in [-0.2, 0) is 10.8 Å². The molecule has 0 nitrogen and oxygen atoms in total. The van der Waals surface area contributed by atoms with Crippen molar-refractivity contribution in [3.05, 3.63) is 94.5 Å². The molecule has 1 heteroatoms. The van der Waals surface area contributed by atoms with Gasteiger partial charge in [0.15, 0.2) is 0 Å². The summed E-state index contributed by atoms with van der Waals surface area (Å²) in [6.45, 7) is 14.0. The van der Waals surface area contributed by atoms with Gasteiger partial charge in [-0.3, -0.25) is 0 Å². The van der Waals surface area contributed by atoms with Crippen LogP contribution in [0.1, 0.15) is 52.7 Å². The predicted octanol–water partition coefficient (Wildman–Crippen LogP) is 10.2. The molecule has 0 aliphatic rings. The van der Waals surface area contributed by atoms with E-state index in [4.69, 9.17) is 0 Å². The van der Waals surface area contributed by atoms with Crippen molar-refractivity contribution in [2.45, 2.75) is 52.4 Å². The highest BCUT2D eigenvalue weighted by molar-refractivity contribution is 9.10. The number of halogens is 1. The molecule has 33 heavy (non-hydrogen) atoms. The summed E-state index contributed by atoms with van der Waals surface area (Å²) < 4.78 is 1.13. The predicted molar refractivity (Wildman–Crippen MR) is 149 cm³/mol. The van der Waals surface area contributed by atoms with E-state index in [-0.39, 0.29) is 10.8 Å². The first-order valence-electron chi connectivity index (χ1n) is 11.7. The highest BCUT2D eigenvalue weighted by Crippen LogP contribution is 2.45. The highest BCUT2D eigenvalue weighted by Gasteiger charge is 2.27. The van der Waals surface area contributed by atoms with Gasteiger partial charge in [0.25, 0.3) is 0 Å². The number of hydrogen-bond acceptors (Lipinski definition) is 0. The lowest BCUT2D eigenvalue weighted by Crippen LogP contribution is -2.17. The first-order valence-corrected chi connectivity index (χ1v) is 12.5. The summed E-state index contributed by atoms with van der Waals surface area (Å²) >= 11 is 3.73. The largest absolute Gasteiger partial charge is 0.0616 e. The van der Waals surface area contributed by atoms with Crippen LogP contribution in [0.15, 0.2) is 83.3 Å². The zero-order chi connectivity index (χ0) is 23.5. The average molecular weight is 496 g/mol. The van der Waals surface area contributed by atoms with Crippen LogP contribution in [0, 0.1) is 0 Å². The number of fused-ring (bicyclic) bond motifs is 3. The first kappa shape index (κ1) is 22.2. The van der Waals surface area contributed by atoms with Crippen molar-refractivity contribution in [3.63, 3.8) is 0 Å². The molecule has 0 aromatic heterocycles. The number of benzene rings is 5. The summed E-state index contributed by atoms with van der Waals surface area (Å²) in [5.74, 6) is 0. The molecule has 5 aromatic carbocycles. The Balaban J connectivity index is 1.91. The molecule has 0 bridgehead atoms. The Hall–Kier alpha value is -2.64. The minimum absolute atomic E-state index is 0.0166. The van der Waals surface area contributed by atoms with Crippen molar-refractivity contribution in [1.82, 2.24) is 0 Å². The summed E-state index contributed by atoms with van der Waals surface area (Å²) in [5, 5.41) is 8.01. The molecule has 0 aliphatic carbocycles. The summed E-state index contributed by atoms with van der Waals surface area (Å²) in [5.41, 5.74) is 5.43. The fourth-order valence-corrected chi connectivity index (χ4v) is 5.73. The molecule has 0 spiro atoms. The third-order valence-electron chi connectivity index (χ3n) is 6.66. The zero-order valence-corrected chi connectivity index (χ0v) is 22.0. The molecule has 0 atom stereocenters. The fraction of sp³-hybridized carbons (Fsp3) is 0.250. The Bertz CT molecular complexity index is 1520. The van der Waals surface area contributed by atoms with Crippen molar-refractivity contribution in [3.8, 4) is 11.1 Å². The maximum absolute atomic E-state index is 3.73. The van der Waals surface area contributed by atoms with E-state index in [1.54, 1.807) is 0 Å². The molecule has 0 radical (unpaired) electrons. The standard InChI is InChI=1S/C32H31Br/c1-31(2,3)29-26-16-14-24(33)19-28(26)30(32(4,5)6)25-15-13-23(18-27(25)29)22-12-11-20-9-7-8-10-21(20)17-22/h7-19H,1-6H3. The second-order valence-electron chi connectivity index (χ2n) is 11.3. The zero-order valence-electron chi connectivity index (χ0n) is 20.4. The summed E-state index contributed by atoms with van der Waals surface area (Å²) in [6, 6.07) is 29.3. The molecule has 0 fully saturated rings. The molecule has 5 rings (SSSR count). The van der Waals surface area contributed by atoms with Gasteiger partial charge in [-0.1, -0.05) is 112 Å². The van der Waals surface area contributed by atoms with Gasteiger partial charge in [-0.15, -0.1) is 0 Å². The first-order chi connectivity index (χ1) is 15.5. The van der Waals surface area contributed by atoms with Crippen molar-refractivity contribution in [2.75, 3.05) is 0 Å². The molecule has 166 valence electrons. The Morgan fingerprint density at radius 1 is 0.485 bits per heavy atom. The molecule has 0 heterocycles. The van der Waals surface area contributed by atoms with E-state index in [0.717, 1.165) is 4.47 Å². The Kier molecular flexibility index (Phi) is 5.18.